The Hall–Kier alpha value is 0.180. The molecule has 2 saturated heterocycles. The van der Waals surface area contributed by atoms with Gasteiger partial charge in [0.1, 0.15) is 9.84 Å². The van der Waals surface area contributed by atoms with Crippen LogP contribution in [0.3, 0.4) is 0 Å². The van der Waals surface area contributed by atoms with Crippen LogP contribution in [0.5, 0.6) is 0 Å². The molecule has 3 N–H and O–H groups in total. The first-order valence-corrected chi connectivity index (χ1v) is 12.5. The van der Waals surface area contributed by atoms with E-state index >= 15 is 0 Å². The molecule has 3 unspecified atom stereocenters. The van der Waals surface area contributed by atoms with Gasteiger partial charge >= 0.3 is 0 Å². The highest BCUT2D eigenvalue weighted by molar-refractivity contribution is 8.00. The third-order valence-corrected chi connectivity index (χ3v) is 9.29. The van der Waals surface area contributed by atoms with Crippen molar-refractivity contribution in [3.8, 4) is 0 Å². The number of piperazine rings is 1. The first-order chi connectivity index (χ1) is 11.4. The molecule has 140 valence electrons. The standard InChI is InChI=1S/C17H33N3O2S2/c1-12(16-4-3-9-23-16)19-17-11-18-10-15(20-17)13-5-7-14(8-6-13)24(2,21)22/h12-20H,3-11H2,1-2H3/t12-,13?,14?,15?,16?,17?/m1/s1. The van der Waals surface area contributed by atoms with E-state index in [2.05, 4.69) is 34.6 Å². The highest BCUT2D eigenvalue weighted by Gasteiger charge is 2.34. The van der Waals surface area contributed by atoms with Gasteiger partial charge in [-0.2, -0.15) is 11.8 Å². The summed E-state index contributed by atoms with van der Waals surface area (Å²) in [4.78, 5) is 0. The van der Waals surface area contributed by atoms with Crippen LogP contribution >= 0.6 is 11.8 Å². The molecule has 4 atom stereocenters. The van der Waals surface area contributed by atoms with Gasteiger partial charge < -0.3 is 5.32 Å². The molecular weight excluding hydrogens is 342 g/mol. The molecule has 1 saturated carbocycles. The summed E-state index contributed by atoms with van der Waals surface area (Å²) >= 11 is 2.10. The van der Waals surface area contributed by atoms with E-state index in [9.17, 15) is 8.42 Å². The van der Waals surface area contributed by atoms with Gasteiger partial charge in [0.15, 0.2) is 0 Å². The molecule has 0 aromatic rings. The number of hydrogen-bond acceptors (Lipinski definition) is 6. The zero-order valence-corrected chi connectivity index (χ0v) is 16.6. The van der Waals surface area contributed by atoms with Gasteiger partial charge in [-0.25, -0.2) is 8.42 Å². The van der Waals surface area contributed by atoms with Gasteiger partial charge in [-0.15, -0.1) is 0 Å². The molecule has 0 amide bonds. The first kappa shape index (κ1) is 19.0. The third-order valence-electron chi connectivity index (χ3n) is 6.01. The van der Waals surface area contributed by atoms with Crippen molar-refractivity contribution in [1.82, 2.24) is 16.0 Å². The lowest BCUT2D eigenvalue weighted by atomic mass is 9.83. The van der Waals surface area contributed by atoms with Gasteiger partial charge in [0.25, 0.3) is 0 Å². The Morgan fingerprint density at radius 3 is 2.50 bits per heavy atom. The molecule has 3 rings (SSSR count). The summed E-state index contributed by atoms with van der Waals surface area (Å²) < 4.78 is 23.5. The van der Waals surface area contributed by atoms with Crippen LogP contribution in [0.2, 0.25) is 0 Å². The molecule has 2 heterocycles. The molecule has 0 bridgehead atoms. The maximum atomic E-state index is 11.7. The number of thioether (sulfide) groups is 1. The molecule has 3 fully saturated rings. The Bertz CT molecular complexity index is 500. The highest BCUT2D eigenvalue weighted by atomic mass is 32.2. The number of rotatable bonds is 5. The minimum Gasteiger partial charge on any atom is -0.312 e. The summed E-state index contributed by atoms with van der Waals surface area (Å²) in [7, 11) is -2.87. The van der Waals surface area contributed by atoms with Gasteiger partial charge in [0, 0.05) is 36.7 Å². The van der Waals surface area contributed by atoms with Gasteiger partial charge in [-0.3, -0.25) is 10.6 Å². The lowest BCUT2D eigenvalue weighted by molar-refractivity contribution is 0.195. The van der Waals surface area contributed by atoms with Crippen LogP contribution in [-0.2, 0) is 9.84 Å². The molecule has 0 aromatic heterocycles. The van der Waals surface area contributed by atoms with Crippen molar-refractivity contribution in [2.24, 2.45) is 5.92 Å². The minimum atomic E-state index is -2.87. The maximum absolute atomic E-state index is 11.7. The Morgan fingerprint density at radius 1 is 1.12 bits per heavy atom. The van der Waals surface area contributed by atoms with Crippen LogP contribution in [0.15, 0.2) is 0 Å². The molecule has 0 aromatic carbocycles. The second kappa shape index (κ2) is 8.25. The quantitative estimate of drug-likeness (QED) is 0.674. The molecule has 3 aliphatic rings. The topological polar surface area (TPSA) is 70.2 Å². The molecule has 0 spiro atoms. The average molecular weight is 376 g/mol. The molecule has 1 aliphatic carbocycles. The van der Waals surface area contributed by atoms with Crippen LogP contribution in [0, 0.1) is 5.92 Å². The van der Waals surface area contributed by atoms with Crippen LogP contribution in [0.4, 0.5) is 0 Å². The van der Waals surface area contributed by atoms with Crippen LogP contribution in [-0.4, -0.2) is 62.3 Å². The van der Waals surface area contributed by atoms with E-state index in [1.807, 2.05) is 0 Å². The van der Waals surface area contributed by atoms with Crippen molar-refractivity contribution in [2.75, 3.05) is 25.1 Å². The van der Waals surface area contributed by atoms with E-state index in [-0.39, 0.29) is 5.25 Å². The lowest BCUT2D eigenvalue weighted by Crippen LogP contribution is -2.64. The van der Waals surface area contributed by atoms with E-state index in [4.69, 9.17) is 0 Å². The summed E-state index contributed by atoms with van der Waals surface area (Å²) in [5.41, 5.74) is 0. The Morgan fingerprint density at radius 2 is 1.88 bits per heavy atom. The number of nitrogens with one attached hydrogen (secondary N) is 3. The molecule has 7 heteroatoms. The summed E-state index contributed by atoms with van der Waals surface area (Å²) in [6, 6.07) is 0.997. The lowest BCUT2D eigenvalue weighted by Gasteiger charge is -2.41. The second-order valence-electron chi connectivity index (χ2n) is 7.86. The Labute approximate surface area is 151 Å². The fraction of sp³-hybridized carbons (Fsp3) is 1.00. The van der Waals surface area contributed by atoms with Crippen LogP contribution < -0.4 is 16.0 Å². The van der Waals surface area contributed by atoms with Crippen LogP contribution in [0.1, 0.15) is 45.4 Å². The van der Waals surface area contributed by atoms with Crippen molar-refractivity contribution in [2.45, 2.75) is 74.2 Å². The predicted molar refractivity (Wildman–Crippen MR) is 102 cm³/mol. The van der Waals surface area contributed by atoms with Crippen molar-refractivity contribution in [1.29, 1.82) is 0 Å². The van der Waals surface area contributed by atoms with Crippen molar-refractivity contribution < 1.29 is 8.42 Å². The van der Waals surface area contributed by atoms with Crippen molar-refractivity contribution in [3.63, 3.8) is 0 Å². The molecular formula is C17H33N3O2S2. The molecule has 0 radical (unpaired) electrons. The fourth-order valence-corrected chi connectivity index (χ4v) is 6.98. The van der Waals surface area contributed by atoms with E-state index < -0.39 is 9.84 Å². The zero-order valence-electron chi connectivity index (χ0n) is 15.0. The predicted octanol–water partition coefficient (Wildman–Crippen LogP) is 1.35. The van der Waals surface area contributed by atoms with Crippen molar-refractivity contribution >= 4 is 21.6 Å². The maximum Gasteiger partial charge on any atom is 0.150 e. The Balaban J connectivity index is 1.47. The van der Waals surface area contributed by atoms with Gasteiger partial charge in [0.05, 0.1) is 11.4 Å². The fourth-order valence-electron chi connectivity index (χ4n) is 4.51. The SMILES string of the molecule is C[C@@H](NC1CNCC(C2CCC(S(C)(=O)=O)CC2)N1)C1CCCS1. The summed E-state index contributed by atoms with van der Waals surface area (Å²) in [6.07, 6.45) is 8.11. The summed E-state index contributed by atoms with van der Waals surface area (Å²) in [6.45, 7) is 4.28. The third kappa shape index (κ3) is 4.87. The number of hydrogen-bond donors (Lipinski definition) is 3. The smallest absolute Gasteiger partial charge is 0.150 e. The van der Waals surface area contributed by atoms with E-state index in [0.29, 0.717) is 24.2 Å². The van der Waals surface area contributed by atoms with E-state index in [1.54, 1.807) is 0 Å². The van der Waals surface area contributed by atoms with Gasteiger partial charge in [-0.05, 0) is 57.1 Å². The largest absolute Gasteiger partial charge is 0.312 e. The summed E-state index contributed by atoms with van der Waals surface area (Å²) in [5.74, 6) is 1.90. The Kier molecular flexibility index (Phi) is 6.52. The highest BCUT2D eigenvalue weighted by Crippen LogP contribution is 2.31. The molecule has 2 aliphatic heterocycles. The average Bonchev–Trinajstić information content (AvgIpc) is 3.09. The van der Waals surface area contributed by atoms with Gasteiger partial charge in [0.2, 0.25) is 0 Å². The summed E-state index contributed by atoms with van der Waals surface area (Å²) in [5, 5.41) is 11.8. The minimum absolute atomic E-state index is 0.112. The molecule has 24 heavy (non-hydrogen) atoms. The van der Waals surface area contributed by atoms with Crippen LogP contribution in [0.25, 0.3) is 0 Å². The van der Waals surface area contributed by atoms with Gasteiger partial charge in [-0.1, -0.05) is 0 Å². The zero-order chi connectivity index (χ0) is 17.2. The van der Waals surface area contributed by atoms with Crippen molar-refractivity contribution in [3.05, 3.63) is 0 Å². The number of sulfone groups is 1. The molecule has 5 nitrogen and oxygen atoms in total. The van der Waals surface area contributed by atoms with E-state index in [0.717, 1.165) is 44.0 Å². The van der Waals surface area contributed by atoms with E-state index in [1.165, 1.54) is 24.9 Å². The normalized spacial score (nSPS) is 39.7. The monoisotopic (exact) mass is 375 g/mol. The first-order valence-electron chi connectivity index (χ1n) is 9.47. The second-order valence-corrected chi connectivity index (χ2v) is 11.5.